The molecule has 16 heavy (non-hydrogen) atoms. The van der Waals surface area contributed by atoms with Crippen LogP contribution in [-0.2, 0) is 0 Å². The summed E-state index contributed by atoms with van der Waals surface area (Å²) in [4.78, 5) is 0. The Morgan fingerprint density at radius 2 is 2.06 bits per heavy atom. The largest absolute Gasteiger partial charge is 0.396 e. The highest BCUT2D eigenvalue weighted by Gasteiger charge is 2.20. The zero-order valence-electron chi connectivity index (χ0n) is 10.3. The van der Waals surface area contributed by atoms with E-state index in [1.807, 2.05) is 19.0 Å². The molecule has 0 amide bonds. The summed E-state index contributed by atoms with van der Waals surface area (Å²) in [7, 11) is 1.96. The van der Waals surface area contributed by atoms with E-state index in [4.69, 9.17) is 10.2 Å². The van der Waals surface area contributed by atoms with Crippen LogP contribution in [0.3, 0.4) is 0 Å². The highest BCUT2D eigenvalue weighted by Crippen LogP contribution is 2.16. The van der Waals surface area contributed by atoms with Gasteiger partial charge in [0.25, 0.3) is 0 Å². The maximum Gasteiger partial charge on any atom is 0.0496 e. The summed E-state index contributed by atoms with van der Waals surface area (Å²) in [5.74, 6) is -0.0957. The van der Waals surface area contributed by atoms with Crippen molar-refractivity contribution >= 4 is 0 Å². The highest BCUT2D eigenvalue weighted by molar-refractivity contribution is 5.01. The van der Waals surface area contributed by atoms with Gasteiger partial charge in [0.2, 0.25) is 0 Å². The number of rotatable bonds is 6. The Morgan fingerprint density at radius 1 is 1.38 bits per heavy atom. The van der Waals surface area contributed by atoms with Crippen molar-refractivity contribution in [1.29, 1.82) is 0 Å². The number of allylic oxidation sites excluding steroid dienone is 2. The van der Waals surface area contributed by atoms with Gasteiger partial charge in [-0.1, -0.05) is 6.08 Å². The van der Waals surface area contributed by atoms with Crippen molar-refractivity contribution in [1.82, 2.24) is 10.4 Å². The Balaban J connectivity index is 2.43. The van der Waals surface area contributed by atoms with Crippen LogP contribution >= 0.6 is 0 Å². The van der Waals surface area contributed by atoms with Crippen LogP contribution in [0.25, 0.3) is 0 Å². The standard InChI is InChI=1S/C12H24N2O2/c1-10(11(8-15)9-16)14(2)13-12-6-4-3-5-7-12/h6,10-11,13,15-16H,3-5,7-9H2,1-2H3. The molecule has 0 aliphatic heterocycles. The Bertz CT molecular complexity index is 227. The SMILES string of the molecule is CC(C(CO)CO)N(C)NC1=CCCCC1. The summed E-state index contributed by atoms with van der Waals surface area (Å²) in [6.07, 6.45) is 7.00. The number of aliphatic hydroxyl groups excluding tert-OH is 2. The van der Waals surface area contributed by atoms with Gasteiger partial charge < -0.3 is 15.6 Å². The lowest BCUT2D eigenvalue weighted by Gasteiger charge is -2.32. The second kappa shape index (κ2) is 6.89. The van der Waals surface area contributed by atoms with Crippen LogP contribution < -0.4 is 5.43 Å². The zero-order valence-corrected chi connectivity index (χ0v) is 10.3. The molecule has 0 saturated heterocycles. The van der Waals surface area contributed by atoms with Crippen LogP contribution in [0.2, 0.25) is 0 Å². The van der Waals surface area contributed by atoms with Gasteiger partial charge in [0.05, 0.1) is 0 Å². The first-order chi connectivity index (χ1) is 7.69. The van der Waals surface area contributed by atoms with Crippen LogP contribution in [-0.4, -0.2) is 41.5 Å². The Hall–Kier alpha value is -0.580. The first-order valence-corrected chi connectivity index (χ1v) is 6.09. The Morgan fingerprint density at radius 3 is 2.56 bits per heavy atom. The van der Waals surface area contributed by atoms with Crippen molar-refractivity contribution in [2.24, 2.45) is 5.92 Å². The topological polar surface area (TPSA) is 55.7 Å². The number of hydrogen-bond acceptors (Lipinski definition) is 4. The molecule has 0 aromatic heterocycles. The monoisotopic (exact) mass is 228 g/mol. The van der Waals surface area contributed by atoms with Gasteiger partial charge in [0.1, 0.15) is 0 Å². The van der Waals surface area contributed by atoms with Gasteiger partial charge in [-0.25, -0.2) is 5.01 Å². The number of hydrazine groups is 1. The molecule has 94 valence electrons. The molecule has 1 aliphatic rings. The Labute approximate surface area is 97.9 Å². The van der Waals surface area contributed by atoms with Crippen LogP contribution in [0.15, 0.2) is 11.8 Å². The van der Waals surface area contributed by atoms with E-state index in [0.29, 0.717) is 0 Å². The second-order valence-corrected chi connectivity index (χ2v) is 4.56. The van der Waals surface area contributed by atoms with Crippen molar-refractivity contribution < 1.29 is 10.2 Å². The predicted molar refractivity (Wildman–Crippen MR) is 64.6 cm³/mol. The minimum atomic E-state index is -0.0957. The van der Waals surface area contributed by atoms with Gasteiger partial charge in [-0.2, -0.15) is 0 Å². The van der Waals surface area contributed by atoms with E-state index in [2.05, 4.69) is 11.5 Å². The number of aliphatic hydroxyl groups is 2. The van der Waals surface area contributed by atoms with Crippen molar-refractivity contribution in [3.05, 3.63) is 11.8 Å². The summed E-state index contributed by atoms with van der Waals surface area (Å²) in [6.45, 7) is 2.04. The van der Waals surface area contributed by atoms with Crippen LogP contribution in [0.4, 0.5) is 0 Å². The summed E-state index contributed by atoms with van der Waals surface area (Å²) < 4.78 is 0. The van der Waals surface area contributed by atoms with Crippen molar-refractivity contribution in [2.45, 2.75) is 38.6 Å². The molecule has 1 atom stereocenters. The molecule has 0 spiro atoms. The van der Waals surface area contributed by atoms with Gasteiger partial charge in [-0.15, -0.1) is 0 Å². The predicted octanol–water partition coefficient (Wildman–Crippen LogP) is 0.870. The normalized spacial score (nSPS) is 18.8. The summed E-state index contributed by atoms with van der Waals surface area (Å²) in [5, 5.41) is 20.2. The third-order valence-corrected chi connectivity index (χ3v) is 3.37. The smallest absolute Gasteiger partial charge is 0.0496 e. The lowest BCUT2D eigenvalue weighted by molar-refractivity contribution is 0.0594. The molecule has 0 bridgehead atoms. The number of nitrogens with zero attached hydrogens (tertiary/aromatic N) is 1. The van der Waals surface area contributed by atoms with E-state index in [-0.39, 0.29) is 25.2 Å². The molecule has 0 saturated carbocycles. The average molecular weight is 228 g/mol. The molecule has 0 heterocycles. The fourth-order valence-corrected chi connectivity index (χ4v) is 1.95. The lowest BCUT2D eigenvalue weighted by atomic mass is 10.0. The van der Waals surface area contributed by atoms with Crippen molar-refractivity contribution in [3.8, 4) is 0 Å². The third-order valence-electron chi connectivity index (χ3n) is 3.37. The van der Waals surface area contributed by atoms with Gasteiger partial charge in [0, 0.05) is 37.9 Å². The number of nitrogens with one attached hydrogen (secondary N) is 1. The fraction of sp³-hybridized carbons (Fsp3) is 0.833. The molecule has 1 unspecified atom stereocenters. The minimum absolute atomic E-state index is 0.0166. The quantitative estimate of drug-likeness (QED) is 0.591. The molecular weight excluding hydrogens is 204 g/mol. The lowest BCUT2D eigenvalue weighted by Crippen LogP contribution is -2.46. The van der Waals surface area contributed by atoms with Crippen molar-refractivity contribution in [2.75, 3.05) is 20.3 Å². The third kappa shape index (κ3) is 3.77. The van der Waals surface area contributed by atoms with Gasteiger partial charge in [0.15, 0.2) is 0 Å². The van der Waals surface area contributed by atoms with Crippen LogP contribution in [0, 0.1) is 5.92 Å². The summed E-state index contributed by atoms with van der Waals surface area (Å²) >= 11 is 0. The van der Waals surface area contributed by atoms with Gasteiger partial charge in [-0.3, -0.25) is 0 Å². The van der Waals surface area contributed by atoms with Crippen LogP contribution in [0.1, 0.15) is 32.6 Å². The van der Waals surface area contributed by atoms with Crippen molar-refractivity contribution in [3.63, 3.8) is 0 Å². The van der Waals surface area contributed by atoms with Gasteiger partial charge >= 0.3 is 0 Å². The van der Waals surface area contributed by atoms with E-state index < -0.39 is 0 Å². The zero-order chi connectivity index (χ0) is 12.0. The highest BCUT2D eigenvalue weighted by atomic mass is 16.3. The molecule has 4 nitrogen and oxygen atoms in total. The average Bonchev–Trinajstić information content (AvgIpc) is 2.31. The molecule has 0 radical (unpaired) electrons. The molecule has 1 aliphatic carbocycles. The maximum atomic E-state index is 9.12. The molecule has 0 fully saturated rings. The van der Waals surface area contributed by atoms with E-state index >= 15 is 0 Å². The molecule has 4 heteroatoms. The van der Waals surface area contributed by atoms with E-state index in [1.165, 1.54) is 18.5 Å². The van der Waals surface area contributed by atoms with E-state index in [0.717, 1.165) is 12.8 Å². The maximum absolute atomic E-state index is 9.12. The summed E-state index contributed by atoms with van der Waals surface area (Å²) in [6, 6.07) is 0.109. The first-order valence-electron chi connectivity index (χ1n) is 6.09. The molecule has 0 aromatic rings. The van der Waals surface area contributed by atoms with Gasteiger partial charge in [-0.05, 0) is 32.6 Å². The Kier molecular flexibility index (Phi) is 5.80. The van der Waals surface area contributed by atoms with E-state index in [9.17, 15) is 0 Å². The van der Waals surface area contributed by atoms with E-state index in [1.54, 1.807) is 0 Å². The van der Waals surface area contributed by atoms with Crippen LogP contribution in [0.5, 0.6) is 0 Å². The molecule has 1 rings (SSSR count). The second-order valence-electron chi connectivity index (χ2n) is 4.56. The number of hydrogen-bond donors (Lipinski definition) is 3. The first kappa shape index (κ1) is 13.5. The fourth-order valence-electron chi connectivity index (χ4n) is 1.95. The molecule has 3 N–H and O–H groups in total. The minimum Gasteiger partial charge on any atom is -0.396 e. The summed E-state index contributed by atoms with van der Waals surface area (Å²) in [5.41, 5.74) is 4.60. The molecular formula is C12H24N2O2. The molecule has 0 aromatic carbocycles.